The summed E-state index contributed by atoms with van der Waals surface area (Å²) in [6.45, 7) is 4.30. The highest BCUT2D eigenvalue weighted by Crippen LogP contribution is 2.52. The smallest absolute Gasteiger partial charge is 0.143 e. The summed E-state index contributed by atoms with van der Waals surface area (Å²) in [5.74, 6) is 0.649. The lowest BCUT2D eigenvalue weighted by Crippen LogP contribution is -2.08. The zero-order chi connectivity index (χ0) is 9.47. The third-order valence-electron chi connectivity index (χ3n) is 2.71. The van der Waals surface area contributed by atoms with E-state index in [9.17, 15) is 4.79 Å². The van der Waals surface area contributed by atoms with Gasteiger partial charge in [0.15, 0.2) is 0 Å². The summed E-state index contributed by atoms with van der Waals surface area (Å²) in [6.07, 6.45) is 3.34. The lowest BCUT2D eigenvalue weighted by molar-refractivity contribution is -0.120. The number of carbonyl (C=O) groups is 1. The molecule has 0 radical (unpaired) electrons. The quantitative estimate of drug-likeness (QED) is 0.740. The van der Waals surface area contributed by atoms with Gasteiger partial charge in [0.2, 0.25) is 0 Å². The Bertz CT molecular complexity index is 316. The first-order valence-electron chi connectivity index (χ1n) is 4.51. The fourth-order valence-corrected chi connectivity index (χ4v) is 2.26. The van der Waals surface area contributed by atoms with Gasteiger partial charge in [0.25, 0.3) is 0 Å². The van der Waals surface area contributed by atoms with E-state index in [4.69, 9.17) is 0 Å². The van der Waals surface area contributed by atoms with Gasteiger partial charge in [-0.05, 0) is 11.8 Å². The van der Waals surface area contributed by atoms with Crippen molar-refractivity contribution in [3.05, 3.63) is 16.6 Å². The Morgan fingerprint density at radius 1 is 1.77 bits per heavy atom. The van der Waals surface area contributed by atoms with E-state index >= 15 is 0 Å². The first-order chi connectivity index (χ1) is 6.09. The van der Waals surface area contributed by atoms with Crippen molar-refractivity contribution >= 4 is 17.1 Å². The Morgan fingerprint density at radius 3 is 2.92 bits per heavy atom. The molecular weight excluding hydrogens is 182 g/mol. The van der Waals surface area contributed by atoms with E-state index in [1.165, 1.54) is 0 Å². The number of rotatable bonds is 3. The molecule has 0 aromatic carbocycles. The van der Waals surface area contributed by atoms with E-state index < -0.39 is 0 Å². The fourth-order valence-electron chi connectivity index (χ4n) is 1.63. The van der Waals surface area contributed by atoms with Gasteiger partial charge in [-0.1, -0.05) is 13.8 Å². The highest BCUT2D eigenvalue weighted by atomic mass is 32.1. The number of ketones is 1. The van der Waals surface area contributed by atoms with Crippen molar-refractivity contribution in [2.75, 3.05) is 0 Å². The second-order valence-electron chi connectivity index (χ2n) is 4.31. The summed E-state index contributed by atoms with van der Waals surface area (Å²) in [6, 6.07) is 0. The molecule has 1 saturated carbocycles. The Kier molecular flexibility index (Phi) is 1.99. The number of hydrogen-bond acceptors (Lipinski definition) is 3. The number of thiazole rings is 1. The molecule has 1 heterocycles. The summed E-state index contributed by atoms with van der Waals surface area (Å²) in [7, 11) is 0. The van der Waals surface area contributed by atoms with E-state index in [1.807, 2.05) is 5.38 Å². The monoisotopic (exact) mass is 195 g/mol. The van der Waals surface area contributed by atoms with Crippen LogP contribution in [0.1, 0.15) is 25.3 Å². The third-order valence-corrected chi connectivity index (χ3v) is 3.49. The van der Waals surface area contributed by atoms with Crippen LogP contribution in [0.2, 0.25) is 0 Å². The Balaban J connectivity index is 1.94. The van der Waals surface area contributed by atoms with Crippen LogP contribution in [0.3, 0.4) is 0 Å². The molecule has 0 amide bonds. The average Bonchev–Trinajstić information content (AvgIpc) is 2.49. The molecule has 3 heteroatoms. The SMILES string of the molecule is CC1(C)CC1C(=O)Cc1nccs1. The molecule has 0 bridgehead atoms. The number of Topliss-reactive ketones (excluding diaryl/α,β-unsaturated/α-hetero) is 1. The summed E-state index contributed by atoms with van der Waals surface area (Å²) >= 11 is 1.56. The summed E-state index contributed by atoms with van der Waals surface area (Å²) in [4.78, 5) is 15.8. The van der Waals surface area contributed by atoms with Crippen molar-refractivity contribution in [2.45, 2.75) is 26.7 Å². The van der Waals surface area contributed by atoms with Gasteiger partial charge in [0.1, 0.15) is 5.78 Å². The van der Waals surface area contributed by atoms with Crippen LogP contribution < -0.4 is 0 Å². The van der Waals surface area contributed by atoms with Gasteiger partial charge >= 0.3 is 0 Å². The molecule has 0 N–H and O–H groups in total. The van der Waals surface area contributed by atoms with Crippen molar-refractivity contribution in [1.29, 1.82) is 0 Å². The van der Waals surface area contributed by atoms with E-state index in [0.29, 0.717) is 12.2 Å². The molecule has 1 aromatic heterocycles. The van der Waals surface area contributed by atoms with Gasteiger partial charge in [-0.2, -0.15) is 0 Å². The van der Waals surface area contributed by atoms with Gasteiger partial charge in [-0.15, -0.1) is 11.3 Å². The molecule has 1 atom stereocenters. The maximum atomic E-state index is 11.7. The van der Waals surface area contributed by atoms with E-state index in [2.05, 4.69) is 18.8 Å². The fraction of sp³-hybridized carbons (Fsp3) is 0.600. The largest absolute Gasteiger partial charge is 0.299 e. The first-order valence-corrected chi connectivity index (χ1v) is 5.39. The molecule has 1 unspecified atom stereocenters. The highest BCUT2D eigenvalue weighted by molar-refractivity contribution is 7.09. The van der Waals surface area contributed by atoms with Crippen LogP contribution in [0.4, 0.5) is 0 Å². The Labute approximate surface area is 82.0 Å². The Hall–Kier alpha value is -0.700. The Morgan fingerprint density at radius 2 is 2.46 bits per heavy atom. The van der Waals surface area contributed by atoms with Gasteiger partial charge in [-0.3, -0.25) is 4.79 Å². The highest BCUT2D eigenvalue weighted by Gasteiger charge is 2.49. The van der Waals surface area contributed by atoms with Crippen molar-refractivity contribution in [3.8, 4) is 0 Å². The normalized spacial score (nSPS) is 24.3. The maximum Gasteiger partial charge on any atom is 0.143 e. The minimum absolute atomic E-state index is 0.258. The molecule has 1 fully saturated rings. The van der Waals surface area contributed by atoms with Crippen LogP contribution >= 0.6 is 11.3 Å². The molecule has 1 aromatic rings. The second-order valence-corrected chi connectivity index (χ2v) is 5.29. The van der Waals surface area contributed by atoms with Crippen LogP contribution in [0.5, 0.6) is 0 Å². The minimum Gasteiger partial charge on any atom is -0.299 e. The molecule has 70 valence electrons. The maximum absolute atomic E-state index is 11.7. The second kappa shape index (κ2) is 2.91. The predicted octanol–water partition coefficient (Wildman–Crippen LogP) is 2.30. The molecule has 1 aliphatic carbocycles. The van der Waals surface area contributed by atoms with E-state index in [0.717, 1.165) is 11.4 Å². The van der Waals surface area contributed by atoms with Crippen molar-refractivity contribution in [1.82, 2.24) is 4.98 Å². The molecule has 2 rings (SSSR count). The zero-order valence-corrected chi connectivity index (χ0v) is 8.73. The van der Waals surface area contributed by atoms with Gasteiger partial charge in [0.05, 0.1) is 11.4 Å². The number of hydrogen-bond donors (Lipinski definition) is 0. The summed E-state index contributed by atoms with van der Waals surface area (Å²) in [5.41, 5.74) is 0.258. The average molecular weight is 195 g/mol. The van der Waals surface area contributed by atoms with Crippen molar-refractivity contribution < 1.29 is 4.79 Å². The lowest BCUT2D eigenvalue weighted by atomic mass is 10.1. The van der Waals surface area contributed by atoms with Crippen LogP contribution in [0, 0.1) is 11.3 Å². The summed E-state index contributed by atoms with van der Waals surface area (Å²) in [5, 5.41) is 2.87. The van der Waals surface area contributed by atoms with Crippen LogP contribution in [-0.2, 0) is 11.2 Å². The van der Waals surface area contributed by atoms with Crippen LogP contribution in [0.15, 0.2) is 11.6 Å². The van der Waals surface area contributed by atoms with Gasteiger partial charge in [-0.25, -0.2) is 4.98 Å². The predicted molar refractivity (Wildman–Crippen MR) is 52.7 cm³/mol. The lowest BCUT2D eigenvalue weighted by Gasteiger charge is -2.00. The number of aromatic nitrogens is 1. The number of carbonyl (C=O) groups excluding carboxylic acids is 1. The minimum atomic E-state index is 0.258. The van der Waals surface area contributed by atoms with Crippen molar-refractivity contribution in [2.24, 2.45) is 11.3 Å². The molecule has 1 aliphatic rings. The van der Waals surface area contributed by atoms with E-state index in [-0.39, 0.29) is 11.3 Å². The van der Waals surface area contributed by atoms with E-state index in [1.54, 1.807) is 17.5 Å². The zero-order valence-electron chi connectivity index (χ0n) is 7.91. The van der Waals surface area contributed by atoms with Gasteiger partial charge < -0.3 is 0 Å². The standard InChI is InChI=1S/C10H13NOS/c1-10(2)6-7(10)8(12)5-9-11-3-4-13-9/h3-4,7H,5-6H2,1-2H3. The summed E-state index contributed by atoms with van der Waals surface area (Å²) < 4.78 is 0. The van der Waals surface area contributed by atoms with Gasteiger partial charge in [0, 0.05) is 17.5 Å². The molecule has 13 heavy (non-hydrogen) atoms. The van der Waals surface area contributed by atoms with Crippen molar-refractivity contribution in [3.63, 3.8) is 0 Å². The first kappa shape index (κ1) is 8.88. The molecule has 2 nitrogen and oxygen atoms in total. The molecule has 0 aliphatic heterocycles. The van der Waals surface area contributed by atoms with Crippen LogP contribution in [0.25, 0.3) is 0 Å². The molecule has 0 spiro atoms. The molecule has 0 saturated heterocycles. The topological polar surface area (TPSA) is 30.0 Å². The molecular formula is C10H13NOS. The third kappa shape index (κ3) is 1.80. The van der Waals surface area contributed by atoms with Crippen LogP contribution in [-0.4, -0.2) is 10.8 Å². The number of nitrogens with zero attached hydrogens (tertiary/aromatic N) is 1.